The van der Waals surface area contributed by atoms with Gasteiger partial charge < -0.3 is 15.2 Å². The van der Waals surface area contributed by atoms with Gasteiger partial charge in [-0.15, -0.1) is 11.3 Å². The second kappa shape index (κ2) is 4.32. The van der Waals surface area contributed by atoms with Crippen molar-refractivity contribution in [2.24, 2.45) is 0 Å². The van der Waals surface area contributed by atoms with Gasteiger partial charge in [0, 0.05) is 16.3 Å². The van der Waals surface area contributed by atoms with Crippen molar-refractivity contribution >= 4 is 55.2 Å². The molecule has 0 aliphatic rings. The van der Waals surface area contributed by atoms with Crippen LogP contribution in [0.1, 0.15) is 20.0 Å². The summed E-state index contributed by atoms with van der Waals surface area (Å²) >= 11 is 0.985. The number of carboxylic acid groups (broad SMARTS) is 2. The summed E-state index contributed by atoms with van der Waals surface area (Å²) in [6, 6.07) is 10.9. The van der Waals surface area contributed by atoms with Crippen molar-refractivity contribution in [2.45, 2.75) is 0 Å². The Morgan fingerprint density at radius 1 is 1.00 bits per heavy atom. The van der Waals surface area contributed by atoms with Gasteiger partial charge in [0.15, 0.2) is 0 Å². The van der Waals surface area contributed by atoms with Gasteiger partial charge in [-0.3, -0.25) is 0 Å². The SMILES string of the molecule is O=C(O)c1cc2cc3c([nH]c4ccccc43)c(C(=O)O)c2s1. The molecule has 2 aromatic carbocycles. The van der Waals surface area contributed by atoms with Crippen LogP contribution >= 0.6 is 11.3 Å². The van der Waals surface area contributed by atoms with Gasteiger partial charge in [0.1, 0.15) is 10.4 Å². The monoisotopic (exact) mass is 311 g/mol. The third-order valence-corrected chi connectivity index (χ3v) is 4.86. The largest absolute Gasteiger partial charge is 0.478 e. The summed E-state index contributed by atoms with van der Waals surface area (Å²) in [4.78, 5) is 26.1. The molecule has 4 rings (SSSR count). The number of aromatic nitrogens is 1. The highest BCUT2D eigenvalue weighted by Gasteiger charge is 2.20. The number of hydrogen-bond donors (Lipinski definition) is 3. The molecule has 0 unspecified atom stereocenters. The fourth-order valence-electron chi connectivity index (χ4n) is 2.80. The number of thiophene rings is 1. The molecule has 2 aromatic heterocycles. The van der Waals surface area contributed by atoms with Crippen LogP contribution in [0.25, 0.3) is 31.9 Å². The van der Waals surface area contributed by atoms with Gasteiger partial charge in [0.2, 0.25) is 0 Å². The number of hydrogen-bond acceptors (Lipinski definition) is 3. The minimum absolute atomic E-state index is 0.126. The predicted octanol–water partition coefficient (Wildman–Crippen LogP) is 3.93. The maximum atomic E-state index is 11.7. The Balaban J connectivity index is 2.25. The Hall–Kier alpha value is -2.86. The molecular formula is C16H9NO4S. The molecule has 0 atom stereocenters. The molecule has 5 nitrogen and oxygen atoms in total. The standard InChI is InChI=1S/C16H9NO4S/c18-15(19)11-6-7-5-9-8-3-1-2-4-10(8)17-13(9)12(16(20)21)14(7)22-11/h1-6,17H,(H,18,19)(H,20,21). The highest BCUT2D eigenvalue weighted by atomic mass is 32.1. The van der Waals surface area contributed by atoms with E-state index >= 15 is 0 Å². The first-order valence-electron chi connectivity index (χ1n) is 6.50. The van der Waals surface area contributed by atoms with E-state index < -0.39 is 11.9 Å². The van der Waals surface area contributed by atoms with Crippen LogP contribution in [0.4, 0.5) is 0 Å². The Bertz CT molecular complexity index is 1090. The molecule has 0 saturated carbocycles. The van der Waals surface area contributed by atoms with Crippen molar-refractivity contribution < 1.29 is 19.8 Å². The first kappa shape index (κ1) is 12.8. The zero-order valence-electron chi connectivity index (χ0n) is 11.1. The van der Waals surface area contributed by atoms with Gasteiger partial charge in [0.05, 0.1) is 10.2 Å². The molecular weight excluding hydrogens is 302 g/mol. The average molecular weight is 311 g/mol. The van der Waals surface area contributed by atoms with E-state index in [-0.39, 0.29) is 10.4 Å². The molecule has 2 heterocycles. The van der Waals surface area contributed by atoms with E-state index in [1.165, 1.54) is 6.07 Å². The lowest BCUT2D eigenvalue weighted by atomic mass is 10.1. The number of H-pyrrole nitrogens is 1. The van der Waals surface area contributed by atoms with E-state index in [0.29, 0.717) is 15.6 Å². The molecule has 0 amide bonds. The molecule has 0 aliphatic heterocycles. The van der Waals surface area contributed by atoms with Gasteiger partial charge in [0.25, 0.3) is 0 Å². The highest BCUT2D eigenvalue weighted by Crippen LogP contribution is 2.37. The van der Waals surface area contributed by atoms with Gasteiger partial charge in [-0.1, -0.05) is 18.2 Å². The first-order chi connectivity index (χ1) is 10.6. The molecule has 3 N–H and O–H groups in total. The van der Waals surface area contributed by atoms with Crippen molar-refractivity contribution in [2.75, 3.05) is 0 Å². The number of nitrogens with one attached hydrogen (secondary N) is 1. The predicted molar refractivity (Wildman–Crippen MR) is 85.1 cm³/mol. The van der Waals surface area contributed by atoms with Crippen LogP contribution in [0.2, 0.25) is 0 Å². The van der Waals surface area contributed by atoms with Gasteiger partial charge in [-0.25, -0.2) is 9.59 Å². The van der Waals surface area contributed by atoms with Crippen LogP contribution in [-0.2, 0) is 0 Å². The lowest BCUT2D eigenvalue weighted by Gasteiger charge is -2.00. The van der Waals surface area contributed by atoms with Crippen LogP contribution < -0.4 is 0 Å². The molecule has 0 spiro atoms. The van der Waals surface area contributed by atoms with Crippen molar-refractivity contribution in [3.8, 4) is 0 Å². The second-order valence-corrected chi connectivity index (χ2v) is 6.04. The lowest BCUT2D eigenvalue weighted by Crippen LogP contribution is -1.97. The Labute approximate surface area is 127 Å². The molecule has 0 fully saturated rings. The Kier molecular flexibility index (Phi) is 2.52. The number of fused-ring (bicyclic) bond motifs is 4. The smallest absolute Gasteiger partial charge is 0.345 e. The van der Waals surface area contributed by atoms with E-state index in [9.17, 15) is 14.7 Å². The van der Waals surface area contributed by atoms with Crippen LogP contribution in [0, 0.1) is 0 Å². The fourth-order valence-corrected chi connectivity index (χ4v) is 3.82. The van der Waals surface area contributed by atoms with Crippen LogP contribution in [0.3, 0.4) is 0 Å². The molecule has 108 valence electrons. The first-order valence-corrected chi connectivity index (χ1v) is 7.31. The van der Waals surface area contributed by atoms with Gasteiger partial charge in [-0.2, -0.15) is 0 Å². The lowest BCUT2D eigenvalue weighted by molar-refractivity contribution is 0.0690. The van der Waals surface area contributed by atoms with Crippen molar-refractivity contribution in [1.29, 1.82) is 0 Å². The molecule has 0 radical (unpaired) electrons. The normalized spacial score (nSPS) is 11.5. The molecule has 6 heteroatoms. The van der Waals surface area contributed by atoms with Crippen LogP contribution in [0.5, 0.6) is 0 Å². The third kappa shape index (κ3) is 1.64. The van der Waals surface area contributed by atoms with E-state index in [4.69, 9.17) is 5.11 Å². The second-order valence-electron chi connectivity index (χ2n) is 4.98. The number of aromatic carboxylic acids is 2. The number of carboxylic acids is 2. The van der Waals surface area contributed by atoms with E-state index in [2.05, 4.69) is 4.98 Å². The highest BCUT2D eigenvalue weighted by molar-refractivity contribution is 7.21. The maximum absolute atomic E-state index is 11.7. The molecule has 0 saturated heterocycles. The zero-order valence-corrected chi connectivity index (χ0v) is 11.9. The van der Waals surface area contributed by atoms with E-state index in [1.54, 1.807) is 0 Å². The molecule has 0 bridgehead atoms. The van der Waals surface area contributed by atoms with Crippen molar-refractivity contribution in [1.82, 2.24) is 4.98 Å². The number of para-hydroxylation sites is 1. The summed E-state index contributed by atoms with van der Waals surface area (Å²) in [6.07, 6.45) is 0. The van der Waals surface area contributed by atoms with Gasteiger partial charge in [-0.05, 0) is 23.6 Å². The molecule has 22 heavy (non-hydrogen) atoms. The summed E-state index contributed by atoms with van der Waals surface area (Å²) in [6.45, 7) is 0. The summed E-state index contributed by atoms with van der Waals surface area (Å²) in [5.41, 5.74) is 1.51. The van der Waals surface area contributed by atoms with Gasteiger partial charge >= 0.3 is 11.9 Å². The fraction of sp³-hybridized carbons (Fsp3) is 0. The van der Waals surface area contributed by atoms with Crippen LogP contribution in [-0.4, -0.2) is 27.1 Å². The summed E-state index contributed by atoms with van der Waals surface area (Å²) in [5.74, 6) is -2.12. The maximum Gasteiger partial charge on any atom is 0.345 e. The topological polar surface area (TPSA) is 90.4 Å². The minimum atomic E-state index is -1.07. The third-order valence-electron chi connectivity index (χ3n) is 3.71. The van der Waals surface area contributed by atoms with Crippen LogP contribution in [0.15, 0.2) is 36.4 Å². The summed E-state index contributed by atoms with van der Waals surface area (Å²) < 4.78 is 0.476. The number of benzene rings is 2. The number of carbonyl (C=O) groups is 2. The zero-order chi connectivity index (χ0) is 15.4. The number of rotatable bonds is 2. The average Bonchev–Trinajstić information content (AvgIpc) is 3.05. The summed E-state index contributed by atoms with van der Waals surface area (Å²) in [5, 5.41) is 21.1. The number of aromatic amines is 1. The quantitative estimate of drug-likeness (QED) is 0.523. The Morgan fingerprint density at radius 3 is 2.50 bits per heavy atom. The van der Waals surface area contributed by atoms with Crippen molar-refractivity contribution in [3.05, 3.63) is 46.8 Å². The Morgan fingerprint density at radius 2 is 1.77 bits per heavy atom. The minimum Gasteiger partial charge on any atom is -0.478 e. The van der Waals surface area contributed by atoms with E-state index in [0.717, 1.165) is 27.6 Å². The van der Waals surface area contributed by atoms with Crippen molar-refractivity contribution in [3.63, 3.8) is 0 Å². The molecule has 4 aromatic rings. The molecule has 0 aliphatic carbocycles. The summed E-state index contributed by atoms with van der Waals surface area (Å²) in [7, 11) is 0. The van der Waals surface area contributed by atoms with E-state index in [1.807, 2.05) is 30.3 Å².